The summed E-state index contributed by atoms with van der Waals surface area (Å²) in [6.07, 6.45) is 4.22. The topological polar surface area (TPSA) is 96.2 Å². The zero-order valence-electron chi connectivity index (χ0n) is 12.3. The molecule has 1 atom stereocenters. The fourth-order valence-corrected chi connectivity index (χ4v) is 2.82. The summed E-state index contributed by atoms with van der Waals surface area (Å²) in [5.41, 5.74) is 2.62. The number of carbonyl (C=O) groups is 1. The van der Waals surface area contributed by atoms with Crippen LogP contribution >= 0.6 is 0 Å². The lowest BCUT2D eigenvalue weighted by Gasteiger charge is -2.33. The lowest BCUT2D eigenvalue weighted by atomic mass is 9.97. The molecular formula is C14H22N6O. The van der Waals surface area contributed by atoms with Crippen LogP contribution in [0.25, 0.3) is 0 Å². The first kappa shape index (κ1) is 14.1. The molecule has 2 aliphatic rings. The Kier molecular flexibility index (Phi) is 3.92. The number of nitrogens with one attached hydrogen (secondary N) is 2. The molecule has 1 saturated carbocycles. The highest BCUT2D eigenvalue weighted by molar-refractivity contribution is 5.79. The monoisotopic (exact) mass is 290 g/mol. The minimum Gasteiger partial charge on any atom is -0.359 e. The average molecular weight is 290 g/mol. The molecular weight excluding hydrogens is 268 g/mol. The van der Waals surface area contributed by atoms with Gasteiger partial charge >= 0.3 is 0 Å². The number of nitrogen functional groups attached to an aromatic ring is 1. The van der Waals surface area contributed by atoms with Crippen molar-refractivity contribution in [1.29, 1.82) is 0 Å². The first-order valence-electron chi connectivity index (χ1n) is 7.53. The van der Waals surface area contributed by atoms with Gasteiger partial charge < -0.3 is 15.6 Å². The quantitative estimate of drug-likeness (QED) is 0.555. The Morgan fingerprint density at radius 3 is 2.86 bits per heavy atom. The molecule has 0 bridgehead atoms. The number of hydrogen-bond acceptors (Lipinski definition) is 6. The Balaban J connectivity index is 1.81. The van der Waals surface area contributed by atoms with Gasteiger partial charge in [-0.05, 0) is 25.7 Å². The van der Waals surface area contributed by atoms with E-state index in [0.717, 1.165) is 43.9 Å². The molecule has 2 fully saturated rings. The zero-order valence-corrected chi connectivity index (χ0v) is 12.3. The van der Waals surface area contributed by atoms with Crippen molar-refractivity contribution in [3.8, 4) is 0 Å². The highest BCUT2D eigenvalue weighted by Gasteiger charge is 2.30. The lowest BCUT2D eigenvalue weighted by molar-refractivity contribution is -0.124. The Bertz CT molecular complexity index is 530. The van der Waals surface area contributed by atoms with Crippen molar-refractivity contribution in [3.63, 3.8) is 0 Å². The number of carbonyl (C=O) groups excluding carboxylic acids is 1. The highest BCUT2D eigenvalue weighted by atomic mass is 16.1. The van der Waals surface area contributed by atoms with Gasteiger partial charge in [0.15, 0.2) is 0 Å². The minimum absolute atomic E-state index is 0.0253. The SMILES string of the molecule is CNC(=O)C1CCCN(c2cc(NN)nc(C3CC3)n2)C1. The van der Waals surface area contributed by atoms with Crippen LogP contribution in [0, 0.1) is 5.92 Å². The Labute approximate surface area is 124 Å². The molecule has 0 aromatic carbocycles. The van der Waals surface area contributed by atoms with Crippen LogP contribution in [0.4, 0.5) is 11.6 Å². The van der Waals surface area contributed by atoms with Gasteiger partial charge in [-0.25, -0.2) is 15.8 Å². The summed E-state index contributed by atoms with van der Waals surface area (Å²) in [6.45, 7) is 1.61. The van der Waals surface area contributed by atoms with Gasteiger partial charge in [0.05, 0.1) is 5.92 Å². The number of amides is 1. The second-order valence-corrected chi connectivity index (χ2v) is 5.79. The van der Waals surface area contributed by atoms with E-state index in [1.807, 2.05) is 6.07 Å². The van der Waals surface area contributed by atoms with Crippen molar-refractivity contribution in [2.45, 2.75) is 31.6 Å². The predicted octanol–water partition coefficient (Wildman–Crippen LogP) is 0.602. The number of hydrogen-bond donors (Lipinski definition) is 3. The van der Waals surface area contributed by atoms with E-state index >= 15 is 0 Å². The van der Waals surface area contributed by atoms with E-state index in [-0.39, 0.29) is 11.8 Å². The molecule has 2 heterocycles. The van der Waals surface area contributed by atoms with Crippen LogP contribution in [0.15, 0.2) is 6.07 Å². The maximum Gasteiger partial charge on any atom is 0.224 e. The predicted molar refractivity (Wildman–Crippen MR) is 80.8 cm³/mol. The van der Waals surface area contributed by atoms with Gasteiger partial charge in [-0.1, -0.05) is 0 Å². The fraction of sp³-hybridized carbons (Fsp3) is 0.643. The Morgan fingerprint density at radius 1 is 1.38 bits per heavy atom. The number of anilines is 2. The van der Waals surface area contributed by atoms with Crippen LogP contribution in [0.1, 0.15) is 37.4 Å². The molecule has 1 aliphatic heterocycles. The standard InChI is InChI=1S/C14H22N6O/c1-16-14(21)10-3-2-6-20(8-10)12-7-11(19-15)17-13(18-12)9-4-5-9/h7,9-10H,2-6,8,15H2,1H3,(H,16,21)(H,17,18,19). The maximum atomic E-state index is 11.8. The van der Waals surface area contributed by atoms with E-state index in [9.17, 15) is 4.79 Å². The third-order valence-electron chi connectivity index (χ3n) is 4.18. The second kappa shape index (κ2) is 5.85. The normalized spacial score (nSPS) is 22.0. The first-order chi connectivity index (χ1) is 10.2. The van der Waals surface area contributed by atoms with Crippen LogP contribution in [0.5, 0.6) is 0 Å². The summed E-state index contributed by atoms with van der Waals surface area (Å²) in [5, 5.41) is 2.74. The van der Waals surface area contributed by atoms with E-state index in [1.165, 1.54) is 0 Å². The third-order valence-corrected chi connectivity index (χ3v) is 4.18. The van der Waals surface area contributed by atoms with E-state index in [1.54, 1.807) is 7.05 Å². The van der Waals surface area contributed by atoms with Crippen LogP contribution in [-0.2, 0) is 4.79 Å². The maximum absolute atomic E-state index is 11.8. The fourth-order valence-electron chi connectivity index (χ4n) is 2.82. The van der Waals surface area contributed by atoms with Crippen LogP contribution in [0.3, 0.4) is 0 Å². The number of aromatic nitrogens is 2. The molecule has 0 spiro atoms. The molecule has 4 N–H and O–H groups in total. The number of nitrogens with zero attached hydrogens (tertiary/aromatic N) is 3. The molecule has 21 heavy (non-hydrogen) atoms. The summed E-state index contributed by atoms with van der Waals surface area (Å²) in [5.74, 6) is 8.49. The smallest absolute Gasteiger partial charge is 0.224 e. The van der Waals surface area contributed by atoms with Crippen molar-refractivity contribution in [2.24, 2.45) is 11.8 Å². The third kappa shape index (κ3) is 3.07. The van der Waals surface area contributed by atoms with Crippen LogP contribution < -0.4 is 21.5 Å². The van der Waals surface area contributed by atoms with Gasteiger partial charge in [0, 0.05) is 32.1 Å². The van der Waals surface area contributed by atoms with Crippen molar-refractivity contribution >= 4 is 17.5 Å². The van der Waals surface area contributed by atoms with E-state index in [4.69, 9.17) is 5.84 Å². The molecule has 3 rings (SSSR count). The van der Waals surface area contributed by atoms with Crippen LogP contribution in [0.2, 0.25) is 0 Å². The van der Waals surface area contributed by atoms with Gasteiger partial charge in [0.25, 0.3) is 0 Å². The van der Waals surface area contributed by atoms with Crippen molar-refractivity contribution in [2.75, 3.05) is 30.5 Å². The number of rotatable bonds is 4. The van der Waals surface area contributed by atoms with Crippen molar-refractivity contribution in [3.05, 3.63) is 11.9 Å². The summed E-state index contributed by atoms with van der Waals surface area (Å²) in [6, 6.07) is 1.86. The molecule has 0 radical (unpaired) electrons. The first-order valence-corrected chi connectivity index (χ1v) is 7.53. The summed E-state index contributed by atoms with van der Waals surface area (Å²) >= 11 is 0. The second-order valence-electron chi connectivity index (χ2n) is 5.79. The summed E-state index contributed by atoms with van der Waals surface area (Å²) in [7, 11) is 1.69. The molecule has 7 nitrogen and oxygen atoms in total. The number of piperidine rings is 1. The molecule has 1 aromatic rings. The van der Waals surface area contributed by atoms with Crippen molar-refractivity contribution in [1.82, 2.24) is 15.3 Å². The van der Waals surface area contributed by atoms with E-state index in [0.29, 0.717) is 18.3 Å². The minimum atomic E-state index is 0.0253. The van der Waals surface area contributed by atoms with Gasteiger partial charge in [0.2, 0.25) is 5.91 Å². The zero-order chi connectivity index (χ0) is 14.8. The molecule has 7 heteroatoms. The molecule has 114 valence electrons. The molecule has 1 aromatic heterocycles. The number of hydrazine groups is 1. The van der Waals surface area contributed by atoms with E-state index in [2.05, 4.69) is 25.6 Å². The van der Waals surface area contributed by atoms with Gasteiger partial charge in [-0.2, -0.15) is 0 Å². The molecule has 1 unspecified atom stereocenters. The molecule has 1 amide bonds. The highest BCUT2D eigenvalue weighted by Crippen LogP contribution is 2.39. The Hall–Kier alpha value is -1.89. The molecule has 1 saturated heterocycles. The average Bonchev–Trinajstić information content (AvgIpc) is 3.38. The van der Waals surface area contributed by atoms with Gasteiger partial charge in [0.1, 0.15) is 17.5 Å². The van der Waals surface area contributed by atoms with Crippen molar-refractivity contribution < 1.29 is 4.79 Å². The van der Waals surface area contributed by atoms with Gasteiger partial charge in [-0.3, -0.25) is 4.79 Å². The van der Waals surface area contributed by atoms with Crippen LogP contribution in [-0.4, -0.2) is 36.0 Å². The summed E-state index contributed by atoms with van der Waals surface area (Å²) in [4.78, 5) is 23.1. The van der Waals surface area contributed by atoms with Gasteiger partial charge in [-0.15, -0.1) is 0 Å². The largest absolute Gasteiger partial charge is 0.359 e. The lowest BCUT2D eigenvalue weighted by Crippen LogP contribution is -2.42. The van der Waals surface area contributed by atoms with E-state index < -0.39 is 0 Å². The molecule has 1 aliphatic carbocycles. The Morgan fingerprint density at radius 2 is 2.19 bits per heavy atom. The summed E-state index contributed by atoms with van der Waals surface area (Å²) < 4.78 is 0. The number of nitrogens with two attached hydrogens (primary N) is 1.